The van der Waals surface area contributed by atoms with E-state index in [1.165, 1.54) is 11.8 Å². The highest BCUT2D eigenvalue weighted by Gasteiger charge is 2.19. The van der Waals surface area contributed by atoms with E-state index in [4.69, 9.17) is 4.74 Å². The van der Waals surface area contributed by atoms with Gasteiger partial charge in [-0.15, -0.1) is 16.8 Å². The second-order valence-corrected chi connectivity index (χ2v) is 10.7. The van der Waals surface area contributed by atoms with Gasteiger partial charge in [0.2, 0.25) is 0 Å². The van der Waals surface area contributed by atoms with Crippen molar-refractivity contribution in [3.63, 3.8) is 0 Å². The summed E-state index contributed by atoms with van der Waals surface area (Å²) in [6, 6.07) is 25.4. The van der Waals surface area contributed by atoms with Gasteiger partial charge in [-0.2, -0.15) is 5.10 Å². The van der Waals surface area contributed by atoms with Crippen LogP contribution in [0.1, 0.15) is 23.9 Å². The van der Waals surface area contributed by atoms with Crippen LogP contribution in [0.3, 0.4) is 0 Å². The monoisotopic (exact) mass is 604 g/mol. The van der Waals surface area contributed by atoms with Crippen molar-refractivity contribution in [2.45, 2.75) is 37.0 Å². The van der Waals surface area contributed by atoms with E-state index < -0.39 is 5.25 Å². The smallest absolute Gasteiger partial charge is 0.253 e. The first-order valence-corrected chi connectivity index (χ1v) is 14.0. The molecule has 0 bridgehead atoms. The van der Waals surface area contributed by atoms with Crippen molar-refractivity contribution < 1.29 is 9.53 Å². The van der Waals surface area contributed by atoms with Crippen LogP contribution in [0.25, 0.3) is 0 Å². The fourth-order valence-corrected chi connectivity index (χ4v) is 4.88. The van der Waals surface area contributed by atoms with Crippen LogP contribution in [0, 0.1) is 0 Å². The Morgan fingerprint density at radius 2 is 1.92 bits per heavy atom. The minimum Gasteiger partial charge on any atom is -0.488 e. The lowest BCUT2D eigenvalue weighted by Gasteiger charge is -2.12. The Hall–Kier alpha value is -3.89. The Labute approximate surface area is 240 Å². The number of carbonyl (C=O) groups excluding carboxylic acids is 1. The molecule has 0 saturated carbocycles. The van der Waals surface area contributed by atoms with Gasteiger partial charge in [-0.1, -0.05) is 76.2 Å². The Kier molecular flexibility index (Phi) is 10.3. The molecule has 1 heterocycles. The van der Waals surface area contributed by atoms with Crippen LogP contribution in [0.15, 0.2) is 106 Å². The molecule has 1 atom stereocenters. The van der Waals surface area contributed by atoms with Crippen LogP contribution < -0.4 is 15.5 Å². The number of nitrogens with zero attached hydrogens (tertiary/aromatic N) is 4. The minimum atomic E-state index is -0.451. The molecule has 2 N–H and O–H groups in total. The first-order chi connectivity index (χ1) is 19.0. The second kappa shape index (κ2) is 14.3. The number of benzene rings is 3. The molecule has 1 amide bonds. The standard InChI is InChI=1S/C29H29BrN6O2S/c1-3-16-36-27(19-31-25-13-5-4-6-14-25)33-35-29(36)39-21(2)28(37)34-32-18-23-11-7-8-15-26(23)38-20-22-10-9-12-24(30)17-22/h3-15,17-18,21,31H,1,16,19-20H2,2H3,(H,34,37). The van der Waals surface area contributed by atoms with E-state index in [0.29, 0.717) is 30.6 Å². The van der Waals surface area contributed by atoms with Gasteiger partial charge in [0.05, 0.1) is 18.0 Å². The molecular formula is C29H29BrN6O2S. The first-order valence-electron chi connectivity index (χ1n) is 12.3. The number of amides is 1. The predicted molar refractivity (Wildman–Crippen MR) is 160 cm³/mol. The molecule has 1 aromatic heterocycles. The molecule has 0 spiro atoms. The van der Waals surface area contributed by atoms with Gasteiger partial charge < -0.3 is 14.6 Å². The molecule has 0 aliphatic rings. The van der Waals surface area contributed by atoms with Gasteiger partial charge in [0.1, 0.15) is 12.4 Å². The van der Waals surface area contributed by atoms with Crippen molar-refractivity contribution in [1.82, 2.24) is 20.2 Å². The number of halogens is 1. The first kappa shape index (κ1) is 28.1. The van der Waals surface area contributed by atoms with Crippen molar-refractivity contribution >= 4 is 45.5 Å². The number of thioether (sulfide) groups is 1. The number of allylic oxidation sites excluding steroid dienone is 1. The van der Waals surface area contributed by atoms with Crippen LogP contribution in [-0.4, -0.2) is 32.1 Å². The topological polar surface area (TPSA) is 93.4 Å². The maximum absolute atomic E-state index is 12.8. The van der Waals surface area contributed by atoms with E-state index in [-0.39, 0.29) is 5.91 Å². The number of rotatable bonds is 13. The zero-order valence-corrected chi connectivity index (χ0v) is 23.9. The van der Waals surface area contributed by atoms with Gasteiger partial charge in [0.15, 0.2) is 11.0 Å². The lowest BCUT2D eigenvalue weighted by Crippen LogP contribution is -2.27. The summed E-state index contributed by atoms with van der Waals surface area (Å²) < 4.78 is 8.93. The average Bonchev–Trinajstić information content (AvgIpc) is 3.32. The number of anilines is 1. The van der Waals surface area contributed by atoms with E-state index in [2.05, 4.69) is 48.6 Å². The number of carbonyl (C=O) groups is 1. The highest BCUT2D eigenvalue weighted by molar-refractivity contribution is 9.10. The molecule has 200 valence electrons. The van der Waals surface area contributed by atoms with Gasteiger partial charge >= 0.3 is 0 Å². The molecule has 0 saturated heterocycles. The third kappa shape index (κ3) is 8.30. The van der Waals surface area contributed by atoms with Crippen LogP contribution in [0.4, 0.5) is 5.69 Å². The number of hydrogen-bond donors (Lipinski definition) is 2. The van der Waals surface area contributed by atoms with Gasteiger partial charge in [-0.3, -0.25) is 4.79 Å². The number of nitrogens with one attached hydrogen (secondary N) is 2. The summed E-state index contributed by atoms with van der Waals surface area (Å²) >= 11 is 4.79. The quantitative estimate of drug-likeness (QED) is 0.0835. The molecular weight excluding hydrogens is 576 g/mol. The van der Waals surface area contributed by atoms with E-state index in [1.54, 1.807) is 19.2 Å². The van der Waals surface area contributed by atoms with Gasteiger partial charge in [-0.05, 0) is 48.9 Å². The molecule has 4 aromatic rings. The van der Waals surface area contributed by atoms with Crippen molar-refractivity contribution in [3.8, 4) is 5.75 Å². The molecule has 8 nitrogen and oxygen atoms in total. The molecule has 3 aromatic carbocycles. The van der Waals surface area contributed by atoms with E-state index in [9.17, 15) is 4.79 Å². The molecule has 10 heteroatoms. The maximum atomic E-state index is 12.8. The largest absolute Gasteiger partial charge is 0.488 e. The number of ether oxygens (including phenoxy) is 1. The predicted octanol–water partition coefficient (Wildman–Crippen LogP) is 6.05. The highest BCUT2D eigenvalue weighted by Crippen LogP contribution is 2.23. The minimum absolute atomic E-state index is 0.249. The number of hydrazone groups is 1. The third-order valence-electron chi connectivity index (χ3n) is 5.56. The van der Waals surface area contributed by atoms with Crippen molar-refractivity contribution in [2.24, 2.45) is 5.10 Å². The van der Waals surface area contributed by atoms with Gasteiger partial charge in [-0.25, -0.2) is 5.43 Å². The third-order valence-corrected chi connectivity index (χ3v) is 7.14. The number of aromatic nitrogens is 3. The maximum Gasteiger partial charge on any atom is 0.253 e. The highest BCUT2D eigenvalue weighted by atomic mass is 79.9. The fourth-order valence-electron chi connectivity index (χ4n) is 3.56. The fraction of sp³-hybridized carbons (Fsp3) is 0.172. The summed E-state index contributed by atoms with van der Waals surface area (Å²) in [5, 5.41) is 16.3. The second-order valence-electron chi connectivity index (χ2n) is 8.47. The lowest BCUT2D eigenvalue weighted by atomic mass is 10.2. The van der Waals surface area contributed by atoms with E-state index in [1.807, 2.05) is 83.4 Å². The number of para-hydroxylation sites is 2. The van der Waals surface area contributed by atoms with Gasteiger partial charge in [0.25, 0.3) is 5.91 Å². The van der Waals surface area contributed by atoms with E-state index in [0.717, 1.165) is 27.1 Å². The SMILES string of the molecule is C=CCn1c(CNc2ccccc2)nnc1SC(C)C(=O)NN=Cc1ccccc1OCc1cccc(Br)c1. The molecule has 4 rings (SSSR count). The molecule has 0 radical (unpaired) electrons. The van der Waals surface area contributed by atoms with Crippen LogP contribution in [-0.2, 0) is 24.5 Å². The summed E-state index contributed by atoms with van der Waals surface area (Å²) in [5.41, 5.74) is 5.41. The van der Waals surface area contributed by atoms with Crippen molar-refractivity contribution in [2.75, 3.05) is 5.32 Å². The lowest BCUT2D eigenvalue weighted by molar-refractivity contribution is -0.120. The van der Waals surface area contributed by atoms with Crippen LogP contribution >= 0.6 is 27.7 Å². The zero-order valence-electron chi connectivity index (χ0n) is 21.5. The number of hydrogen-bond acceptors (Lipinski definition) is 7. The molecule has 0 aliphatic heterocycles. The van der Waals surface area contributed by atoms with Gasteiger partial charge in [0, 0.05) is 22.3 Å². The van der Waals surface area contributed by atoms with Crippen LogP contribution in [0.2, 0.25) is 0 Å². The summed E-state index contributed by atoms with van der Waals surface area (Å²) in [7, 11) is 0. The average molecular weight is 606 g/mol. The zero-order chi connectivity index (χ0) is 27.5. The summed E-state index contributed by atoms with van der Waals surface area (Å²) in [6.45, 7) is 7.10. The van der Waals surface area contributed by atoms with Crippen molar-refractivity contribution in [3.05, 3.63) is 113 Å². The van der Waals surface area contributed by atoms with E-state index >= 15 is 0 Å². The Balaban J connectivity index is 1.34. The summed E-state index contributed by atoms with van der Waals surface area (Å²) in [4.78, 5) is 12.8. The molecule has 39 heavy (non-hydrogen) atoms. The molecule has 0 aliphatic carbocycles. The van der Waals surface area contributed by atoms with Crippen molar-refractivity contribution in [1.29, 1.82) is 0 Å². The Bertz CT molecular complexity index is 1430. The molecule has 0 fully saturated rings. The summed E-state index contributed by atoms with van der Waals surface area (Å²) in [6.07, 6.45) is 3.36. The molecule has 1 unspecified atom stereocenters. The van der Waals surface area contributed by atoms with Crippen LogP contribution in [0.5, 0.6) is 5.75 Å². The normalized spacial score (nSPS) is 11.7. The Morgan fingerprint density at radius 3 is 2.72 bits per heavy atom. The Morgan fingerprint density at radius 1 is 1.13 bits per heavy atom. The summed E-state index contributed by atoms with van der Waals surface area (Å²) in [5.74, 6) is 1.18.